The number of ether oxygens (including phenoxy) is 2. The number of morpholine rings is 1. The Morgan fingerprint density at radius 1 is 1.13 bits per heavy atom. The van der Waals surface area contributed by atoms with Gasteiger partial charge in [0.15, 0.2) is 0 Å². The quantitative estimate of drug-likeness (QED) is 0.782. The van der Waals surface area contributed by atoms with Crippen molar-refractivity contribution in [3.63, 3.8) is 0 Å². The maximum absolute atomic E-state index is 13.2. The Labute approximate surface area is 170 Å². The molecule has 8 nitrogen and oxygen atoms in total. The number of hydrogen-bond donors (Lipinski definition) is 2. The molecule has 0 spiro atoms. The van der Waals surface area contributed by atoms with Gasteiger partial charge in [0.1, 0.15) is 5.82 Å². The van der Waals surface area contributed by atoms with Gasteiger partial charge in [0.25, 0.3) is 5.91 Å². The Morgan fingerprint density at radius 3 is 2.47 bits per heavy atom. The van der Waals surface area contributed by atoms with E-state index in [1.54, 1.807) is 18.3 Å². The summed E-state index contributed by atoms with van der Waals surface area (Å²) in [6, 6.07) is 5.83. The van der Waals surface area contributed by atoms with Crippen LogP contribution in [-0.4, -0.2) is 50.4 Å². The summed E-state index contributed by atoms with van der Waals surface area (Å²) in [5.41, 5.74) is -0.759. The largest absolute Gasteiger partial charge is 0.453 e. The molecule has 1 aliphatic rings. The third kappa shape index (κ3) is 5.38. The lowest BCUT2D eigenvalue weighted by Gasteiger charge is -2.28. The van der Waals surface area contributed by atoms with Crippen LogP contribution in [0.3, 0.4) is 0 Å². The molecule has 0 saturated carbocycles. The van der Waals surface area contributed by atoms with E-state index in [9.17, 15) is 22.8 Å². The molecular weight excluding hydrogens is 405 g/mol. The van der Waals surface area contributed by atoms with E-state index < -0.39 is 23.7 Å². The molecule has 0 radical (unpaired) electrons. The van der Waals surface area contributed by atoms with Gasteiger partial charge in [0.05, 0.1) is 37.8 Å². The number of rotatable bonds is 4. The second-order valence-electron chi connectivity index (χ2n) is 6.37. The zero-order chi connectivity index (χ0) is 21.7. The third-order valence-corrected chi connectivity index (χ3v) is 4.32. The zero-order valence-electron chi connectivity index (χ0n) is 16.0. The number of amides is 2. The number of alkyl halides is 3. The highest BCUT2D eigenvalue weighted by Crippen LogP contribution is 2.32. The van der Waals surface area contributed by atoms with Crippen molar-refractivity contribution >= 4 is 29.2 Å². The molecule has 0 unspecified atom stereocenters. The van der Waals surface area contributed by atoms with Crippen LogP contribution in [0.25, 0.3) is 0 Å². The average molecular weight is 424 g/mol. The van der Waals surface area contributed by atoms with Crippen LogP contribution in [-0.2, 0) is 15.7 Å². The lowest BCUT2D eigenvalue weighted by Crippen LogP contribution is -2.36. The zero-order valence-corrected chi connectivity index (χ0v) is 16.0. The summed E-state index contributed by atoms with van der Waals surface area (Å²) in [5.74, 6) is -0.627. The van der Waals surface area contributed by atoms with E-state index in [0.717, 1.165) is 18.9 Å². The molecule has 11 heteroatoms. The summed E-state index contributed by atoms with van der Waals surface area (Å²) in [6.45, 7) is 2.65. The number of nitrogens with one attached hydrogen (secondary N) is 2. The summed E-state index contributed by atoms with van der Waals surface area (Å²) in [6.07, 6.45) is -4.10. The first-order valence-corrected chi connectivity index (χ1v) is 8.93. The van der Waals surface area contributed by atoms with Gasteiger partial charge < -0.3 is 19.7 Å². The molecule has 2 heterocycles. The SMILES string of the molecule is COC(=O)Nc1cc(C(=O)Nc2ccc(N3CCOCC3)cn2)cc(C(F)(F)F)c1. The van der Waals surface area contributed by atoms with Crippen LogP contribution in [0.5, 0.6) is 0 Å². The van der Waals surface area contributed by atoms with Crippen molar-refractivity contribution < 1.29 is 32.2 Å². The maximum Gasteiger partial charge on any atom is 0.416 e. The minimum atomic E-state index is -4.71. The lowest BCUT2D eigenvalue weighted by molar-refractivity contribution is -0.137. The van der Waals surface area contributed by atoms with Gasteiger partial charge in [-0.05, 0) is 30.3 Å². The van der Waals surface area contributed by atoms with E-state index >= 15 is 0 Å². The number of pyridine rings is 1. The number of carbonyl (C=O) groups excluding carboxylic acids is 2. The molecule has 3 rings (SSSR count). The van der Waals surface area contributed by atoms with Crippen molar-refractivity contribution in [2.24, 2.45) is 0 Å². The summed E-state index contributed by atoms with van der Waals surface area (Å²) in [5, 5.41) is 4.59. The molecule has 0 atom stereocenters. The Morgan fingerprint density at radius 2 is 1.87 bits per heavy atom. The van der Waals surface area contributed by atoms with Crippen LogP contribution >= 0.6 is 0 Å². The molecule has 1 aromatic carbocycles. The second-order valence-corrected chi connectivity index (χ2v) is 6.37. The molecule has 1 fully saturated rings. The highest BCUT2D eigenvalue weighted by atomic mass is 19.4. The van der Waals surface area contributed by atoms with Crippen LogP contribution in [0.1, 0.15) is 15.9 Å². The Bertz CT molecular complexity index is 913. The second kappa shape index (κ2) is 8.99. The molecular formula is C19H19F3N4O4. The minimum absolute atomic E-state index is 0.178. The molecule has 2 aromatic rings. The summed E-state index contributed by atoms with van der Waals surface area (Å²) in [7, 11) is 1.07. The van der Waals surface area contributed by atoms with Crippen molar-refractivity contribution in [3.05, 3.63) is 47.7 Å². The van der Waals surface area contributed by atoms with Crippen LogP contribution in [0.4, 0.5) is 35.2 Å². The molecule has 0 aliphatic carbocycles. The molecule has 2 N–H and O–H groups in total. The van der Waals surface area contributed by atoms with Gasteiger partial charge in [-0.25, -0.2) is 9.78 Å². The van der Waals surface area contributed by atoms with Crippen molar-refractivity contribution in [1.29, 1.82) is 0 Å². The lowest BCUT2D eigenvalue weighted by atomic mass is 10.1. The van der Waals surface area contributed by atoms with Gasteiger partial charge in [-0.15, -0.1) is 0 Å². The molecule has 160 valence electrons. The topological polar surface area (TPSA) is 92.8 Å². The van der Waals surface area contributed by atoms with Gasteiger partial charge in [0, 0.05) is 24.3 Å². The van der Waals surface area contributed by atoms with Gasteiger partial charge in [-0.3, -0.25) is 10.1 Å². The predicted octanol–water partition coefficient (Wildman–Crippen LogP) is 3.37. The van der Waals surface area contributed by atoms with E-state index in [1.165, 1.54) is 0 Å². The van der Waals surface area contributed by atoms with E-state index in [0.29, 0.717) is 38.4 Å². The highest BCUT2D eigenvalue weighted by Gasteiger charge is 2.32. The van der Waals surface area contributed by atoms with Gasteiger partial charge in [-0.1, -0.05) is 0 Å². The minimum Gasteiger partial charge on any atom is -0.453 e. The third-order valence-electron chi connectivity index (χ3n) is 4.32. The summed E-state index contributed by atoms with van der Waals surface area (Å²) in [4.78, 5) is 30.1. The fraction of sp³-hybridized carbons (Fsp3) is 0.316. The van der Waals surface area contributed by atoms with Crippen molar-refractivity contribution in [2.75, 3.05) is 48.9 Å². The number of carbonyl (C=O) groups is 2. The molecule has 1 aromatic heterocycles. The average Bonchev–Trinajstić information content (AvgIpc) is 2.74. The first kappa shape index (κ1) is 21.4. The standard InChI is InChI=1S/C19H19F3N4O4/c1-29-18(28)24-14-9-12(8-13(10-14)19(20,21)22)17(27)25-16-3-2-15(11-23-16)26-4-6-30-7-5-26/h2-3,8-11H,4-7H2,1H3,(H,24,28)(H,23,25,27). The number of methoxy groups -OCH3 is 1. The smallest absolute Gasteiger partial charge is 0.416 e. The number of halogens is 3. The van der Waals surface area contributed by atoms with E-state index in [1.807, 2.05) is 0 Å². The van der Waals surface area contributed by atoms with Crippen LogP contribution in [0.2, 0.25) is 0 Å². The molecule has 0 bridgehead atoms. The van der Waals surface area contributed by atoms with Gasteiger partial charge in [0.2, 0.25) is 0 Å². The van der Waals surface area contributed by atoms with E-state index in [4.69, 9.17) is 4.74 Å². The first-order valence-electron chi connectivity index (χ1n) is 8.93. The molecule has 30 heavy (non-hydrogen) atoms. The van der Waals surface area contributed by atoms with Crippen molar-refractivity contribution in [3.8, 4) is 0 Å². The Hall–Kier alpha value is -3.34. The van der Waals surface area contributed by atoms with Gasteiger partial charge >= 0.3 is 12.3 Å². The van der Waals surface area contributed by atoms with Crippen LogP contribution < -0.4 is 15.5 Å². The highest BCUT2D eigenvalue weighted by molar-refractivity contribution is 6.05. The van der Waals surface area contributed by atoms with Crippen molar-refractivity contribution in [2.45, 2.75) is 6.18 Å². The number of aromatic nitrogens is 1. The Kier molecular flexibility index (Phi) is 6.40. The first-order chi connectivity index (χ1) is 14.3. The summed E-state index contributed by atoms with van der Waals surface area (Å²) >= 11 is 0. The van der Waals surface area contributed by atoms with Crippen LogP contribution in [0, 0.1) is 0 Å². The monoisotopic (exact) mass is 424 g/mol. The molecule has 1 saturated heterocycles. The van der Waals surface area contributed by atoms with Crippen LogP contribution in [0.15, 0.2) is 36.5 Å². The number of nitrogens with zero attached hydrogens (tertiary/aromatic N) is 2. The number of hydrogen-bond acceptors (Lipinski definition) is 6. The molecule has 2 amide bonds. The van der Waals surface area contributed by atoms with E-state index in [-0.39, 0.29) is 17.1 Å². The van der Waals surface area contributed by atoms with Crippen molar-refractivity contribution in [1.82, 2.24) is 4.98 Å². The normalized spacial score (nSPS) is 14.2. The maximum atomic E-state index is 13.2. The van der Waals surface area contributed by atoms with Gasteiger partial charge in [-0.2, -0.15) is 13.2 Å². The summed E-state index contributed by atoms with van der Waals surface area (Å²) < 4.78 is 49.2. The fourth-order valence-electron chi connectivity index (χ4n) is 2.82. The fourth-order valence-corrected chi connectivity index (χ4v) is 2.82. The predicted molar refractivity (Wildman–Crippen MR) is 103 cm³/mol. The molecule has 1 aliphatic heterocycles. The van der Waals surface area contributed by atoms with E-state index in [2.05, 4.69) is 25.3 Å². The Balaban J connectivity index is 1.78. The number of benzene rings is 1. The number of anilines is 3.